The van der Waals surface area contributed by atoms with Crippen molar-refractivity contribution in [2.45, 2.75) is 242 Å². The van der Waals surface area contributed by atoms with Crippen LogP contribution in [0.25, 0.3) is 0 Å². The Balaban J connectivity index is 1.05. The number of hydrogen-bond acceptors (Lipinski definition) is 29. The molecule has 476 valence electrons. The van der Waals surface area contributed by atoms with E-state index >= 15 is 0 Å². The number of carbonyl (C=O) groups excluding carboxylic acids is 2. The van der Waals surface area contributed by atoms with Gasteiger partial charge in [0.1, 0.15) is 123 Å². The third-order valence-electron chi connectivity index (χ3n) is 17.3. The number of aliphatic hydroxyl groups is 17. The fraction of sp³-hybridized carbons (Fsp3) is 0.904. The number of rotatable bonds is 20. The van der Waals surface area contributed by atoms with Crippen LogP contribution in [0.15, 0.2) is 12.2 Å². The summed E-state index contributed by atoms with van der Waals surface area (Å²) >= 11 is 0. The Morgan fingerprint density at radius 2 is 1.06 bits per heavy atom. The van der Waals surface area contributed by atoms with Gasteiger partial charge in [0.15, 0.2) is 37.4 Å². The van der Waals surface area contributed by atoms with Crippen molar-refractivity contribution < 1.29 is 153 Å². The number of aliphatic hydroxyl groups excluding tert-OH is 15. The number of carboxylic acids is 1. The van der Waals surface area contributed by atoms with Gasteiger partial charge in [0.25, 0.3) is 0 Å². The smallest absolute Gasteiger partial charge is 0.330 e. The van der Waals surface area contributed by atoms with Gasteiger partial charge >= 0.3 is 17.9 Å². The molecule has 3 aliphatic carbocycles. The Kier molecular flexibility index (Phi) is 23.4. The molecular weight excluding hydrogens is 1120 g/mol. The summed E-state index contributed by atoms with van der Waals surface area (Å²) in [5, 5.41) is 172. The number of esters is 2. The summed E-state index contributed by atoms with van der Waals surface area (Å²) < 4.78 is 69.8. The molecule has 5 aliphatic heterocycles. The van der Waals surface area contributed by atoms with E-state index in [1.165, 1.54) is 13.2 Å². The molecule has 0 spiro atoms. The second-order valence-electron chi connectivity index (χ2n) is 23.0. The molecule has 0 aromatic rings. The minimum Gasteiger partial charge on any atom is -0.481 e. The average molecular weight is 1200 g/mol. The first-order valence-corrected chi connectivity index (χ1v) is 28.3. The Morgan fingerprint density at radius 3 is 1.67 bits per heavy atom. The molecule has 8 fully saturated rings. The minimum atomic E-state index is -2.07. The summed E-state index contributed by atoms with van der Waals surface area (Å²) in [5.41, 5.74) is 0. The third kappa shape index (κ3) is 15.7. The van der Waals surface area contributed by atoms with Crippen LogP contribution >= 0.6 is 0 Å². The first-order chi connectivity index (χ1) is 39.5. The Bertz CT molecular complexity index is 2100. The van der Waals surface area contributed by atoms with Crippen LogP contribution < -0.4 is 0 Å². The zero-order chi connectivity index (χ0) is 60.1. The van der Waals surface area contributed by atoms with Crippen molar-refractivity contribution in [2.24, 2.45) is 17.8 Å². The molecule has 0 radical (unpaired) electrons. The van der Waals surface area contributed by atoms with Gasteiger partial charge in [0.2, 0.25) is 0 Å². The lowest BCUT2D eigenvalue weighted by Crippen LogP contribution is -2.66. The molecule has 0 bridgehead atoms. The number of methoxy groups -OCH3 is 1. The summed E-state index contributed by atoms with van der Waals surface area (Å²) in [6, 6.07) is 0. The highest BCUT2D eigenvalue weighted by molar-refractivity contribution is 5.90. The maximum Gasteiger partial charge on any atom is 0.330 e. The van der Waals surface area contributed by atoms with E-state index < -0.39 is 228 Å². The molecule has 31 nitrogen and oxygen atoms in total. The number of aliphatic carboxylic acids is 1. The summed E-state index contributed by atoms with van der Waals surface area (Å²) in [5.74, 6) is -4.86. The van der Waals surface area contributed by atoms with E-state index in [-0.39, 0.29) is 31.1 Å². The molecule has 29 unspecified atom stereocenters. The zero-order valence-electron chi connectivity index (χ0n) is 45.5. The van der Waals surface area contributed by atoms with Crippen molar-refractivity contribution in [1.82, 2.24) is 0 Å². The Labute approximate surface area is 475 Å². The lowest BCUT2D eigenvalue weighted by Gasteiger charge is -2.51. The van der Waals surface area contributed by atoms with Crippen LogP contribution in [-0.4, -0.2) is 310 Å². The van der Waals surface area contributed by atoms with Crippen molar-refractivity contribution in [3.8, 4) is 0 Å². The van der Waals surface area contributed by atoms with Gasteiger partial charge in [-0.05, 0) is 57.3 Å². The predicted molar refractivity (Wildman–Crippen MR) is 267 cm³/mol. The van der Waals surface area contributed by atoms with Crippen LogP contribution in [0.1, 0.15) is 70.6 Å². The molecule has 31 heteroatoms. The molecule has 0 aromatic carbocycles. The molecule has 83 heavy (non-hydrogen) atoms. The van der Waals surface area contributed by atoms with Gasteiger partial charge in [-0.2, -0.15) is 0 Å². The second-order valence-corrected chi connectivity index (χ2v) is 23.0. The maximum absolute atomic E-state index is 13.1. The molecular formula is C52H83O31+. The van der Waals surface area contributed by atoms with E-state index in [1.54, 1.807) is 6.08 Å². The summed E-state index contributed by atoms with van der Waals surface area (Å²) in [6.07, 6.45) is -38.7. The minimum absolute atomic E-state index is 0.0302. The van der Waals surface area contributed by atoms with E-state index in [2.05, 4.69) is 0 Å². The van der Waals surface area contributed by atoms with Gasteiger partial charge in [-0.3, -0.25) is 9.59 Å². The first-order valence-electron chi connectivity index (χ1n) is 28.3. The number of hydrogen-bond donors (Lipinski definition) is 16. The van der Waals surface area contributed by atoms with Gasteiger partial charge in [0.05, 0.1) is 49.7 Å². The van der Waals surface area contributed by atoms with E-state index in [9.17, 15) is 96.1 Å². The quantitative estimate of drug-likeness (QED) is 0.0233. The van der Waals surface area contributed by atoms with Gasteiger partial charge in [-0.1, -0.05) is 6.08 Å². The van der Waals surface area contributed by atoms with Crippen molar-refractivity contribution in [3.63, 3.8) is 0 Å². The van der Waals surface area contributed by atoms with Crippen molar-refractivity contribution in [1.29, 1.82) is 0 Å². The van der Waals surface area contributed by atoms with Crippen molar-refractivity contribution >= 4 is 17.9 Å². The molecule has 5 saturated heterocycles. The monoisotopic (exact) mass is 1200 g/mol. The van der Waals surface area contributed by atoms with Gasteiger partial charge in [0, 0.05) is 31.9 Å². The Hall–Kier alpha value is -2.85. The van der Waals surface area contributed by atoms with Crippen LogP contribution in [-0.2, 0) is 66.5 Å². The second kappa shape index (κ2) is 29.4. The van der Waals surface area contributed by atoms with E-state index in [0.717, 1.165) is 0 Å². The van der Waals surface area contributed by atoms with Crippen LogP contribution in [0.4, 0.5) is 0 Å². The number of ether oxygens (including phenoxy) is 12. The van der Waals surface area contributed by atoms with Crippen LogP contribution in [0.3, 0.4) is 0 Å². The standard InChI is InChI=1S/C52H82O31/c1-72-27-10-19(2-8-24(27)57)3-9-34(60)73-17-31-38(64)41(67)48(83-51-44(70)40(66)37(63)30(16-54)79-51)52(80-31)77-28-13-23-25(75-46(28)20-4-6-21(55)7-5-20)11-22(56)12-26(23)76-49-45(71)42(68)47(32(81-49)18-74-35(61)14-33(58)59)82-50-43(69)39(65)36(62)29(15-53)78-50/h3,9,19-32,36-57,62-71H,2,4-8,10-18H2,1H3,(H,58,59)/p+1. The summed E-state index contributed by atoms with van der Waals surface area (Å²) in [4.78, 5) is 37.0. The zero-order valence-corrected chi connectivity index (χ0v) is 45.5. The van der Waals surface area contributed by atoms with Gasteiger partial charge < -0.3 is 139 Å². The molecule has 17 N–H and O–H groups in total. The molecule has 3 saturated carbocycles. The average Bonchev–Trinajstić information content (AvgIpc) is 3.65. The highest BCUT2D eigenvalue weighted by Gasteiger charge is 2.59. The topological polar surface area (TPSA) is 489 Å². The lowest BCUT2D eigenvalue weighted by molar-refractivity contribution is -0.391. The largest absolute Gasteiger partial charge is 0.481 e. The van der Waals surface area contributed by atoms with Gasteiger partial charge in [-0.25, -0.2) is 4.79 Å². The normalized spacial score (nSPS) is 48.0. The van der Waals surface area contributed by atoms with Crippen LogP contribution in [0, 0.1) is 17.8 Å². The fourth-order valence-corrected chi connectivity index (χ4v) is 12.6. The number of fused-ring (bicyclic) bond motifs is 1. The number of allylic oxidation sites excluding steroid dienone is 1. The molecule has 0 aromatic heterocycles. The molecule has 5 heterocycles. The molecule has 8 rings (SSSR count). The summed E-state index contributed by atoms with van der Waals surface area (Å²) in [7, 11) is 1.47. The van der Waals surface area contributed by atoms with Gasteiger partial charge in [-0.15, -0.1) is 0 Å². The lowest BCUT2D eigenvalue weighted by atomic mass is 9.72. The highest BCUT2D eigenvalue weighted by Crippen LogP contribution is 2.45. The molecule has 0 amide bonds. The first kappa shape index (κ1) is 66.1. The highest BCUT2D eigenvalue weighted by atomic mass is 16.8. The Morgan fingerprint density at radius 1 is 0.518 bits per heavy atom. The van der Waals surface area contributed by atoms with Crippen LogP contribution in [0.5, 0.6) is 0 Å². The van der Waals surface area contributed by atoms with E-state index in [1.807, 2.05) is 0 Å². The number of carbonyl (C=O) groups is 3. The third-order valence-corrected chi connectivity index (χ3v) is 17.3. The molecule has 29 atom stereocenters. The van der Waals surface area contributed by atoms with E-state index in [4.69, 9.17) is 56.8 Å². The maximum atomic E-state index is 13.1. The van der Waals surface area contributed by atoms with Crippen molar-refractivity contribution in [2.75, 3.05) is 33.5 Å². The summed E-state index contributed by atoms with van der Waals surface area (Å²) in [6.45, 7) is -3.25. The van der Waals surface area contributed by atoms with Crippen LogP contribution in [0.2, 0.25) is 0 Å². The van der Waals surface area contributed by atoms with E-state index in [0.29, 0.717) is 44.9 Å². The molecule has 8 aliphatic rings. The number of carboxylic acid groups (broad SMARTS) is 1. The van der Waals surface area contributed by atoms with Crippen molar-refractivity contribution in [3.05, 3.63) is 12.2 Å². The predicted octanol–water partition coefficient (Wildman–Crippen LogP) is -7.70. The SMILES string of the molecule is COC1CC(C=CC(=O)OCC2OC(OC3CC4C(OC5OC(COC(=O)CC(=O)O)C(OC6OC(CO)C(O)C(O)C6O)C(O)C5O)CC(O)CC4[OH+]C3C3CCC(O)CC3)C(OC3OC(CO)C(O)C(O)C3O)C(O)C2O)CCC1O. The fourth-order valence-electron chi connectivity index (χ4n) is 12.6.